The smallest absolute Gasteiger partial charge is 0.127 e. The molecular formula is C14H18ClFO. The molecule has 1 aromatic rings. The van der Waals surface area contributed by atoms with E-state index in [0.29, 0.717) is 17.0 Å². The summed E-state index contributed by atoms with van der Waals surface area (Å²) >= 11 is 5.71. The first-order chi connectivity index (χ1) is 7.80. The van der Waals surface area contributed by atoms with Gasteiger partial charge in [0, 0.05) is 11.4 Å². The van der Waals surface area contributed by atoms with Crippen molar-refractivity contribution in [2.75, 3.05) is 0 Å². The van der Waals surface area contributed by atoms with Crippen LogP contribution >= 0.6 is 11.6 Å². The summed E-state index contributed by atoms with van der Waals surface area (Å²) in [4.78, 5) is 0. The molecule has 1 fully saturated rings. The molecule has 0 amide bonds. The minimum absolute atomic E-state index is 0.150. The predicted molar refractivity (Wildman–Crippen MR) is 67.7 cm³/mol. The van der Waals surface area contributed by atoms with Crippen LogP contribution in [0, 0.1) is 11.2 Å². The molecule has 17 heavy (non-hydrogen) atoms. The topological polar surface area (TPSA) is 20.2 Å². The number of hydrogen-bond acceptors (Lipinski definition) is 1. The highest BCUT2D eigenvalue weighted by atomic mass is 35.5. The first-order valence-corrected chi connectivity index (χ1v) is 6.34. The molecular weight excluding hydrogens is 239 g/mol. The van der Waals surface area contributed by atoms with Gasteiger partial charge >= 0.3 is 0 Å². The lowest BCUT2D eigenvalue weighted by atomic mass is 9.86. The van der Waals surface area contributed by atoms with E-state index in [1.54, 1.807) is 12.1 Å². The first kappa shape index (κ1) is 12.8. The van der Waals surface area contributed by atoms with Crippen LogP contribution in [0.5, 0.6) is 0 Å². The molecule has 0 saturated heterocycles. The predicted octanol–water partition coefficient (Wildman–Crippen LogP) is 3.96. The van der Waals surface area contributed by atoms with Crippen LogP contribution in [-0.4, -0.2) is 10.7 Å². The number of hydrogen-bond donors (Lipinski definition) is 1. The van der Waals surface area contributed by atoms with Crippen molar-refractivity contribution in [3.8, 4) is 0 Å². The van der Waals surface area contributed by atoms with Gasteiger partial charge in [-0.05, 0) is 42.4 Å². The van der Waals surface area contributed by atoms with Gasteiger partial charge in [0.05, 0.1) is 5.60 Å². The fourth-order valence-corrected chi connectivity index (χ4v) is 2.97. The zero-order valence-corrected chi connectivity index (χ0v) is 11.0. The Hall–Kier alpha value is -0.600. The van der Waals surface area contributed by atoms with E-state index in [4.69, 9.17) is 11.6 Å². The molecule has 1 aliphatic carbocycles. The monoisotopic (exact) mass is 256 g/mol. The lowest BCUT2D eigenvalue weighted by molar-refractivity contribution is 0.0371. The average Bonchev–Trinajstić information content (AvgIpc) is 2.46. The minimum Gasteiger partial charge on any atom is -0.390 e. The van der Waals surface area contributed by atoms with E-state index in [1.165, 1.54) is 6.07 Å². The van der Waals surface area contributed by atoms with E-state index in [-0.39, 0.29) is 11.2 Å². The molecule has 0 heterocycles. The van der Waals surface area contributed by atoms with Gasteiger partial charge in [-0.15, -0.1) is 0 Å². The molecule has 94 valence electrons. The zero-order chi connectivity index (χ0) is 12.7. The quantitative estimate of drug-likeness (QED) is 0.849. The number of benzene rings is 1. The summed E-state index contributed by atoms with van der Waals surface area (Å²) < 4.78 is 13.7. The molecule has 1 N–H and O–H groups in total. The van der Waals surface area contributed by atoms with Crippen LogP contribution in [0.1, 0.15) is 38.7 Å². The Morgan fingerprint density at radius 1 is 1.35 bits per heavy atom. The molecule has 1 atom stereocenters. The van der Waals surface area contributed by atoms with Crippen molar-refractivity contribution in [3.63, 3.8) is 0 Å². The SMILES string of the molecule is CC1(C)CCC(O)(Cc2ccc(Cl)cc2F)C1. The van der Waals surface area contributed by atoms with Gasteiger partial charge in [0.15, 0.2) is 0 Å². The Kier molecular flexibility index (Phi) is 3.21. The van der Waals surface area contributed by atoms with Gasteiger partial charge in [0.25, 0.3) is 0 Å². The average molecular weight is 257 g/mol. The van der Waals surface area contributed by atoms with Crippen molar-refractivity contribution >= 4 is 11.6 Å². The van der Waals surface area contributed by atoms with Crippen LogP contribution in [0.2, 0.25) is 5.02 Å². The van der Waals surface area contributed by atoms with E-state index >= 15 is 0 Å². The highest BCUT2D eigenvalue weighted by Gasteiger charge is 2.41. The van der Waals surface area contributed by atoms with Gasteiger partial charge in [-0.25, -0.2) is 4.39 Å². The van der Waals surface area contributed by atoms with Gasteiger partial charge in [-0.3, -0.25) is 0 Å². The normalized spacial score (nSPS) is 27.4. The lowest BCUT2D eigenvalue weighted by Gasteiger charge is -2.25. The van der Waals surface area contributed by atoms with E-state index in [0.717, 1.165) is 19.3 Å². The Bertz CT molecular complexity index is 430. The third-order valence-corrected chi connectivity index (χ3v) is 3.84. The molecule has 3 heteroatoms. The van der Waals surface area contributed by atoms with E-state index in [1.807, 2.05) is 0 Å². The number of aliphatic hydroxyl groups is 1. The van der Waals surface area contributed by atoms with Gasteiger partial charge in [-0.1, -0.05) is 31.5 Å². The number of halogens is 2. The van der Waals surface area contributed by atoms with Gasteiger partial charge in [-0.2, -0.15) is 0 Å². The summed E-state index contributed by atoms with van der Waals surface area (Å²) in [5, 5.41) is 10.9. The fourth-order valence-electron chi connectivity index (χ4n) is 2.81. The summed E-state index contributed by atoms with van der Waals surface area (Å²) in [6.07, 6.45) is 2.82. The second-order valence-electron chi connectivity index (χ2n) is 5.98. The molecule has 0 spiro atoms. The highest BCUT2D eigenvalue weighted by molar-refractivity contribution is 6.30. The molecule has 0 radical (unpaired) electrons. The number of rotatable bonds is 2. The Labute approximate surface area is 107 Å². The molecule has 0 aliphatic heterocycles. The zero-order valence-electron chi connectivity index (χ0n) is 10.3. The minimum atomic E-state index is -0.766. The summed E-state index contributed by atoms with van der Waals surface area (Å²) in [5.74, 6) is -0.323. The molecule has 1 nitrogen and oxygen atoms in total. The van der Waals surface area contributed by atoms with E-state index in [2.05, 4.69) is 13.8 Å². The summed E-state index contributed by atoms with van der Waals surface area (Å²) in [7, 11) is 0. The summed E-state index contributed by atoms with van der Waals surface area (Å²) in [6.45, 7) is 4.28. The maximum absolute atomic E-state index is 13.7. The highest BCUT2D eigenvalue weighted by Crippen LogP contribution is 2.45. The van der Waals surface area contributed by atoms with Crippen LogP contribution in [0.4, 0.5) is 4.39 Å². The van der Waals surface area contributed by atoms with Gasteiger partial charge < -0.3 is 5.11 Å². The molecule has 1 unspecified atom stereocenters. The molecule has 0 aromatic heterocycles. The third kappa shape index (κ3) is 2.99. The third-order valence-electron chi connectivity index (χ3n) is 3.61. The molecule has 2 rings (SSSR count). The Morgan fingerprint density at radius 2 is 2.06 bits per heavy atom. The summed E-state index contributed by atoms with van der Waals surface area (Å²) in [6, 6.07) is 4.64. The molecule has 1 saturated carbocycles. The molecule has 0 bridgehead atoms. The lowest BCUT2D eigenvalue weighted by Crippen LogP contribution is -2.29. The second kappa shape index (κ2) is 4.25. The molecule has 1 aromatic carbocycles. The van der Waals surface area contributed by atoms with Gasteiger partial charge in [0.2, 0.25) is 0 Å². The van der Waals surface area contributed by atoms with Gasteiger partial charge in [0.1, 0.15) is 5.82 Å². The van der Waals surface area contributed by atoms with Crippen LogP contribution in [0.15, 0.2) is 18.2 Å². The Morgan fingerprint density at radius 3 is 2.59 bits per heavy atom. The van der Waals surface area contributed by atoms with Crippen LogP contribution < -0.4 is 0 Å². The van der Waals surface area contributed by atoms with Crippen molar-refractivity contribution < 1.29 is 9.50 Å². The van der Waals surface area contributed by atoms with Crippen molar-refractivity contribution in [2.45, 2.75) is 45.1 Å². The van der Waals surface area contributed by atoms with E-state index in [9.17, 15) is 9.50 Å². The van der Waals surface area contributed by atoms with Crippen LogP contribution in [0.25, 0.3) is 0 Å². The first-order valence-electron chi connectivity index (χ1n) is 5.96. The largest absolute Gasteiger partial charge is 0.390 e. The van der Waals surface area contributed by atoms with Crippen molar-refractivity contribution in [1.29, 1.82) is 0 Å². The van der Waals surface area contributed by atoms with Crippen LogP contribution in [0.3, 0.4) is 0 Å². The fraction of sp³-hybridized carbons (Fsp3) is 0.571. The maximum atomic E-state index is 13.7. The second-order valence-corrected chi connectivity index (χ2v) is 6.41. The van der Waals surface area contributed by atoms with Crippen LogP contribution in [-0.2, 0) is 6.42 Å². The van der Waals surface area contributed by atoms with Crippen molar-refractivity contribution in [1.82, 2.24) is 0 Å². The molecule has 1 aliphatic rings. The van der Waals surface area contributed by atoms with Crippen molar-refractivity contribution in [2.24, 2.45) is 5.41 Å². The van der Waals surface area contributed by atoms with E-state index < -0.39 is 5.60 Å². The van der Waals surface area contributed by atoms with Crippen molar-refractivity contribution in [3.05, 3.63) is 34.6 Å². The maximum Gasteiger partial charge on any atom is 0.127 e. The standard InChI is InChI=1S/C14H18ClFO/c1-13(2)5-6-14(17,9-13)8-10-3-4-11(15)7-12(10)16/h3-4,7,17H,5-6,8-9H2,1-2H3. The summed E-state index contributed by atoms with van der Waals surface area (Å²) in [5.41, 5.74) is -0.0647. The Balaban J connectivity index is 2.16.